The molecule has 0 unspecified atom stereocenters. The summed E-state index contributed by atoms with van der Waals surface area (Å²) in [4.78, 5) is 23.4. The molecule has 0 aliphatic heterocycles. The van der Waals surface area contributed by atoms with Gasteiger partial charge in [0.1, 0.15) is 5.75 Å². The van der Waals surface area contributed by atoms with Crippen LogP contribution in [0.25, 0.3) is 0 Å². The molecule has 2 aromatic rings. The molecule has 0 aliphatic carbocycles. The average Bonchev–Trinajstić information content (AvgIpc) is 2.67. The van der Waals surface area contributed by atoms with Crippen LogP contribution in [0.2, 0.25) is 0 Å². The third kappa shape index (κ3) is 5.00. The maximum atomic E-state index is 11.9. The molecule has 0 saturated carbocycles. The summed E-state index contributed by atoms with van der Waals surface area (Å²) in [5.41, 5.74) is 4.17. The number of ether oxygens (including phenoxy) is 3. The summed E-state index contributed by atoms with van der Waals surface area (Å²) in [6.45, 7) is 3.57. The zero-order chi connectivity index (χ0) is 20.7. The molecule has 2 aromatic carbocycles. The summed E-state index contributed by atoms with van der Waals surface area (Å²) >= 11 is 0. The molecule has 1 amide bonds. The van der Waals surface area contributed by atoms with E-state index in [-0.39, 0.29) is 29.2 Å². The zero-order valence-corrected chi connectivity index (χ0v) is 16.1. The van der Waals surface area contributed by atoms with Crippen molar-refractivity contribution in [1.29, 1.82) is 0 Å². The van der Waals surface area contributed by atoms with Gasteiger partial charge in [-0.05, 0) is 43.2 Å². The van der Waals surface area contributed by atoms with Gasteiger partial charge >= 0.3 is 0 Å². The Balaban J connectivity index is 2.07. The van der Waals surface area contributed by atoms with Gasteiger partial charge in [0.15, 0.2) is 18.1 Å². The van der Waals surface area contributed by atoms with Crippen LogP contribution in [0.3, 0.4) is 0 Å². The standard InChI is InChI=1S/C20H22N2O6/c1-12-5-6-13(2)16(9-12)28-11-17(23)22-21-10-14-7-8-15(26-3)19(27-4)18(14)20(24)25/h5-10H,11H2,1-4H3,(H,22,23)(H,24,25)/p-1/b21-10-. The van der Waals surface area contributed by atoms with E-state index in [9.17, 15) is 14.7 Å². The summed E-state index contributed by atoms with van der Waals surface area (Å²) < 4.78 is 15.6. The maximum Gasteiger partial charge on any atom is 0.277 e. The van der Waals surface area contributed by atoms with Crippen LogP contribution < -0.4 is 24.7 Å². The van der Waals surface area contributed by atoms with E-state index in [0.717, 1.165) is 11.1 Å². The number of carboxylic acid groups (broad SMARTS) is 1. The van der Waals surface area contributed by atoms with Crippen LogP contribution in [-0.4, -0.2) is 38.9 Å². The molecular weight excluding hydrogens is 364 g/mol. The van der Waals surface area contributed by atoms with E-state index < -0.39 is 11.9 Å². The molecule has 0 spiro atoms. The van der Waals surface area contributed by atoms with Gasteiger partial charge in [-0.15, -0.1) is 0 Å². The third-order valence-corrected chi connectivity index (χ3v) is 3.88. The smallest absolute Gasteiger partial charge is 0.277 e. The van der Waals surface area contributed by atoms with Gasteiger partial charge in [-0.25, -0.2) is 5.43 Å². The molecule has 0 saturated heterocycles. The molecule has 8 heteroatoms. The van der Waals surface area contributed by atoms with Crippen molar-refractivity contribution in [2.45, 2.75) is 13.8 Å². The molecule has 2 rings (SSSR count). The predicted molar refractivity (Wildman–Crippen MR) is 101 cm³/mol. The number of carbonyl (C=O) groups is 2. The number of nitrogens with one attached hydrogen (secondary N) is 1. The number of amides is 1. The van der Waals surface area contributed by atoms with E-state index in [2.05, 4.69) is 10.5 Å². The average molecular weight is 385 g/mol. The van der Waals surface area contributed by atoms with E-state index in [1.54, 1.807) is 0 Å². The Morgan fingerprint density at radius 3 is 2.50 bits per heavy atom. The molecule has 0 heterocycles. The Hall–Kier alpha value is -3.55. The molecule has 0 bridgehead atoms. The van der Waals surface area contributed by atoms with E-state index in [4.69, 9.17) is 14.2 Å². The van der Waals surface area contributed by atoms with Gasteiger partial charge in [-0.1, -0.05) is 12.1 Å². The minimum Gasteiger partial charge on any atom is -0.545 e. The van der Waals surface area contributed by atoms with Gasteiger partial charge in [-0.3, -0.25) is 4.79 Å². The number of carbonyl (C=O) groups excluding carboxylic acids is 2. The van der Waals surface area contributed by atoms with Crippen molar-refractivity contribution in [1.82, 2.24) is 5.43 Å². The number of methoxy groups -OCH3 is 2. The highest BCUT2D eigenvalue weighted by atomic mass is 16.5. The molecule has 0 atom stereocenters. The summed E-state index contributed by atoms with van der Waals surface area (Å²) in [7, 11) is 2.71. The molecule has 0 aromatic heterocycles. The summed E-state index contributed by atoms with van der Waals surface area (Å²) in [5.74, 6) is -1.09. The number of rotatable bonds is 8. The van der Waals surface area contributed by atoms with Crippen LogP contribution in [0, 0.1) is 13.8 Å². The Morgan fingerprint density at radius 2 is 1.86 bits per heavy atom. The summed E-state index contributed by atoms with van der Waals surface area (Å²) in [5, 5.41) is 15.2. The second kappa shape index (κ2) is 9.40. The van der Waals surface area contributed by atoms with Gasteiger partial charge in [0, 0.05) is 5.56 Å². The molecular formula is C20H21N2O6-. The maximum absolute atomic E-state index is 11.9. The topological polar surface area (TPSA) is 109 Å². The quantitative estimate of drug-likeness (QED) is 0.540. The first-order valence-electron chi connectivity index (χ1n) is 8.35. The molecule has 0 fully saturated rings. The Kier molecular flexibility index (Phi) is 6.97. The van der Waals surface area contributed by atoms with E-state index >= 15 is 0 Å². The fraction of sp³-hybridized carbons (Fsp3) is 0.250. The van der Waals surface area contributed by atoms with E-state index in [1.165, 1.54) is 32.6 Å². The Bertz CT molecular complexity index is 908. The lowest BCUT2D eigenvalue weighted by Gasteiger charge is -2.15. The number of hydrogen-bond donors (Lipinski definition) is 1. The van der Waals surface area contributed by atoms with Crippen LogP contribution in [0.5, 0.6) is 17.2 Å². The van der Waals surface area contributed by atoms with Gasteiger partial charge < -0.3 is 24.1 Å². The van der Waals surface area contributed by atoms with Crippen molar-refractivity contribution in [3.63, 3.8) is 0 Å². The van der Waals surface area contributed by atoms with Crippen LogP contribution in [0.15, 0.2) is 35.4 Å². The highest BCUT2D eigenvalue weighted by Gasteiger charge is 2.15. The van der Waals surface area contributed by atoms with Crippen LogP contribution >= 0.6 is 0 Å². The fourth-order valence-electron chi connectivity index (χ4n) is 2.47. The van der Waals surface area contributed by atoms with Gasteiger partial charge in [0.2, 0.25) is 0 Å². The molecule has 0 aliphatic rings. The number of hydrogen-bond acceptors (Lipinski definition) is 7. The summed E-state index contributed by atoms with van der Waals surface area (Å²) in [6.07, 6.45) is 1.18. The first kappa shape index (κ1) is 20.8. The number of nitrogens with zero attached hydrogens (tertiary/aromatic N) is 1. The monoisotopic (exact) mass is 385 g/mol. The second-order valence-corrected chi connectivity index (χ2v) is 5.90. The molecule has 8 nitrogen and oxygen atoms in total. The van der Waals surface area contributed by atoms with Crippen molar-refractivity contribution in [3.05, 3.63) is 52.6 Å². The van der Waals surface area contributed by atoms with Gasteiger partial charge in [0.25, 0.3) is 5.91 Å². The van der Waals surface area contributed by atoms with Crippen molar-refractivity contribution in [2.24, 2.45) is 5.10 Å². The van der Waals surface area contributed by atoms with Crippen LogP contribution in [0.1, 0.15) is 27.0 Å². The lowest BCUT2D eigenvalue weighted by molar-refractivity contribution is -0.255. The van der Waals surface area contributed by atoms with Crippen molar-refractivity contribution in [2.75, 3.05) is 20.8 Å². The third-order valence-electron chi connectivity index (χ3n) is 3.88. The Morgan fingerprint density at radius 1 is 1.11 bits per heavy atom. The first-order valence-corrected chi connectivity index (χ1v) is 8.35. The number of hydrazone groups is 1. The van der Waals surface area contributed by atoms with E-state index in [1.807, 2.05) is 32.0 Å². The van der Waals surface area contributed by atoms with Crippen molar-refractivity contribution >= 4 is 18.1 Å². The predicted octanol–water partition coefficient (Wildman–Crippen LogP) is 1.21. The van der Waals surface area contributed by atoms with Crippen LogP contribution in [0.4, 0.5) is 0 Å². The van der Waals surface area contributed by atoms with E-state index in [0.29, 0.717) is 5.75 Å². The van der Waals surface area contributed by atoms with Crippen molar-refractivity contribution in [3.8, 4) is 17.2 Å². The SMILES string of the molecule is COc1ccc(/C=N\NC(=O)COc2cc(C)ccc2C)c(C(=O)[O-])c1OC. The molecule has 28 heavy (non-hydrogen) atoms. The summed E-state index contributed by atoms with van der Waals surface area (Å²) in [6, 6.07) is 8.68. The highest BCUT2D eigenvalue weighted by molar-refractivity contribution is 6.01. The van der Waals surface area contributed by atoms with Gasteiger partial charge in [-0.2, -0.15) is 5.10 Å². The lowest BCUT2D eigenvalue weighted by Crippen LogP contribution is -2.26. The van der Waals surface area contributed by atoms with Crippen LogP contribution in [-0.2, 0) is 4.79 Å². The van der Waals surface area contributed by atoms with Gasteiger partial charge in [0.05, 0.1) is 32.0 Å². The molecule has 1 N–H and O–H groups in total. The first-order chi connectivity index (χ1) is 13.4. The largest absolute Gasteiger partial charge is 0.545 e. The lowest BCUT2D eigenvalue weighted by atomic mass is 10.1. The number of benzene rings is 2. The number of carboxylic acids is 1. The number of aryl methyl sites for hydroxylation is 2. The highest BCUT2D eigenvalue weighted by Crippen LogP contribution is 2.32. The molecule has 148 valence electrons. The molecule has 0 radical (unpaired) electrons. The van der Waals surface area contributed by atoms with Crippen molar-refractivity contribution < 1.29 is 28.9 Å². The zero-order valence-electron chi connectivity index (χ0n) is 16.1. The minimum absolute atomic E-state index is 0.0102. The second-order valence-electron chi connectivity index (χ2n) is 5.90. The number of aromatic carboxylic acids is 1. The Labute approximate surface area is 162 Å². The normalized spacial score (nSPS) is 10.6. The fourth-order valence-corrected chi connectivity index (χ4v) is 2.47. The minimum atomic E-state index is -1.46.